The largest absolute Gasteiger partial charge is 0.444 e. The van der Waals surface area contributed by atoms with Crippen molar-refractivity contribution in [1.82, 2.24) is 10.2 Å². The van der Waals surface area contributed by atoms with E-state index in [1.807, 2.05) is 27.7 Å². The van der Waals surface area contributed by atoms with Gasteiger partial charge in [-0.15, -0.1) is 0 Å². The van der Waals surface area contributed by atoms with E-state index in [4.69, 9.17) is 9.47 Å². The van der Waals surface area contributed by atoms with Crippen LogP contribution in [0.15, 0.2) is 0 Å². The first-order valence-corrected chi connectivity index (χ1v) is 6.99. The molecule has 1 heterocycles. The summed E-state index contributed by atoms with van der Waals surface area (Å²) in [6.45, 7) is 8.74. The Labute approximate surface area is 120 Å². The Morgan fingerprint density at radius 2 is 2.00 bits per heavy atom. The number of likely N-dealkylation sites (tertiary alicyclic amines) is 1. The first kappa shape index (κ1) is 16.8. The summed E-state index contributed by atoms with van der Waals surface area (Å²) in [6.07, 6.45) is 0.443. The fourth-order valence-corrected chi connectivity index (χ4v) is 2.18. The van der Waals surface area contributed by atoms with Crippen LogP contribution < -0.4 is 5.32 Å². The minimum absolute atomic E-state index is 0.0763. The lowest BCUT2D eigenvalue weighted by Gasteiger charge is -2.36. The van der Waals surface area contributed by atoms with Gasteiger partial charge in [0.2, 0.25) is 5.91 Å². The van der Waals surface area contributed by atoms with Crippen molar-refractivity contribution in [2.75, 3.05) is 26.9 Å². The molecule has 6 heteroatoms. The number of rotatable bonds is 3. The number of hydrogen-bond acceptors (Lipinski definition) is 4. The van der Waals surface area contributed by atoms with E-state index < -0.39 is 5.60 Å². The van der Waals surface area contributed by atoms with Gasteiger partial charge in [-0.3, -0.25) is 4.79 Å². The highest BCUT2D eigenvalue weighted by atomic mass is 16.6. The van der Waals surface area contributed by atoms with Gasteiger partial charge in [0.15, 0.2) is 0 Å². The SMILES string of the molecule is COCNC(=O)C1CN(C(=O)OC(C)(C)C)CCC1C. The molecule has 0 aromatic rings. The summed E-state index contributed by atoms with van der Waals surface area (Å²) >= 11 is 0. The van der Waals surface area contributed by atoms with Crippen molar-refractivity contribution in [3.05, 3.63) is 0 Å². The van der Waals surface area contributed by atoms with Gasteiger partial charge in [-0.05, 0) is 33.1 Å². The van der Waals surface area contributed by atoms with Gasteiger partial charge < -0.3 is 19.7 Å². The van der Waals surface area contributed by atoms with E-state index in [-0.39, 0.29) is 30.6 Å². The van der Waals surface area contributed by atoms with Crippen LogP contribution in [0.2, 0.25) is 0 Å². The Bertz CT molecular complexity index is 352. The van der Waals surface area contributed by atoms with E-state index in [0.29, 0.717) is 13.1 Å². The molecule has 1 saturated heterocycles. The van der Waals surface area contributed by atoms with Crippen molar-refractivity contribution < 1.29 is 19.1 Å². The third kappa shape index (κ3) is 5.00. The molecule has 0 aliphatic carbocycles. The molecule has 2 amide bonds. The number of nitrogens with one attached hydrogen (secondary N) is 1. The summed E-state index contributed by atoms with van der Waals surface area (Å²) in [7, 11) is 1.53. The number of nitrogens with zero attached hydrogens (tertiary/aromatic N) is 1. The van der Waals surface area contributed by atoms with Gasteiger partial charge in [-0.2, -0.15) is 0 Å². The molecular weight excluding hydrogens is 260 g/mol. The number of hydrogen-bond donors (Lipinski definition) is 1. The molecule has 2 atom stereocenters. The van der Waals surface area contributed by atoms with Crippen LogP contribution in [0.1, 0.15) is 34.1 Å². The number of carbonyl (C=O) groups is 2. The van der Waals surface area contributed by atoms with Crippen LogP contribution in [0.4, 0.5) is 4.79 Å². The zero-order chi connectivity index (χ0) is 15.3. The summed E-state index contributed by atoms with van der Waals surface area (Å²) in [4.78, 5) is 25.7. The van der Waals surface area contributed by atoms with Crippen molar-refractivity contribution in [2.45, 2.75) is 39.7 Å². The number of piperidine rings is 1. The second-order valence-corrected chi connectivity index (χ2v) is 6.27. The lowest BCUT2D eigenvalue weighted by molar-refractivity contribution is -0.129. The molecule has 116 valence electrons. The average Bonchev–Trinajstić information content (AvgIpc) is 2.34. The highest BCUT2D eigenvalue weighted by molar-refractivity contribution is 5.80. The molecule has 6 nitrogen and oxygen atoms in total. The number of carbonyl (C=O) groups excluding carboxylic acids is 2. The van der Waals surface area contributed by atoms with Gasteiger partial charge in [-0.1, -0.05) is 6.92 Å². The molecule has 0 bridgehead atoms. The van der Waals surface area contributed by atoms with Crippen LogP contribution in [0.5, 0.6) is 0 Å². The highest BCUT2D eigenvalue weighted by Gasteiger charge is 2.35. The number of methoxy groups -OCH3 is 1. The predicted octanol–water partition coefficient (Wildman–Crippen LogP) is 1.60. The summed E-state index contributed by atoms with van der Waals surface area (Å²) < 4.78 is 10.2. The number of ether oxygens (including phenoxy) is 2. The van der Waals surface area contributed by atoms with E-state index in [1.54, 1.807) is 4.90 Å². The van der Waals surface area contributed by atoms with E-state index in [9.17, 15) is 9.59 Å². The van der Waals surface area contributed by atoms with Crippen molar-refractivity contribution in [3.8, 4) is 0 Å². The molecule has 0 aromatic carbocycles. The lowest BCUT2D eigenvalue weighted by atomic mass is 9.86. The molecule has 1 aliphatic rings. The van der Waals surface area contributed by atoms with Crippen LogP contribution in [0.25, 0.3) is 0 Å². The van der Waals surface area contributed by atoms with Crippen LogP contribution >= 0.6 is 0 Å². The highest BCUT2D eigenvalue weighted by Crippen LogP contribution is 2.24. The standard InChI is InChI=1S/C14H26N2O4/c1-10-6-7-16(13(18)20-14(2,3)4)8-11(10)12(17)15-9-19-5/h10-11H,6-9H2,1-5H3,(H,15,17). The maximum Gasteiger partial charge on any atom is 0.410 e. The molecule has 1 fully saturated rings. The predicted molar refractivity (Wildman–Crippen MR) is 75.1 cm³/mol. The van der Waals surface area contributed by atoms with Crippen LogP contribution in [0, 0.1) is 11.8 Å². The van der Waals surface area contributed by atoms with E-state index >= 15 is 0 Å². The van der Waals surface area contributed by atoms with Crippen LogP contribution in [-0.4, -0.2) is 49.4 Å². The molecule has 20 heavy (non-hydrogen) atoms. The van der Waals surface area contributed by atoms with Gasteiger partial charge in [0, 0.05) is 20.2 Å². The van der Waals surface area contributed by atoms with Gasteiger partial charge in [0.25, 0.3) is 0 Å². The summed E-state index contributed by atoms with van der Waals surface area (Å²) in [5.74, 6) is -0.0513. The van der Waals surface area contributed by atoms with Gasteiger partial charge in [0.05, 0.1) is 5.92 Å². The minimum Gasteiger partial charge on any atom is -0.444 e. The van der Waals surface area contributed by atoms with E-state index in [2.05, 4.69) is 5.32 Å². The zero-order valence-electron chi connectivity index (χ0n) is 13.1. The van der Waals surface area contributed by atoms with Gasteiger partial charge in [0.1, 0.15) is 12.3 Å². The fourth-order valence-electron chi connectivity index (χ4n) is 2.18. The molecular formula is C14H26N2O4. The normalized spacial score (nSPS) is 23.4. The van der Waals surface area contributed by atoms with Crippen LogP contribution in [0.3, 0.4) is 0 Å². The molecule has 1 N–H and O–H groups in total. The van der Waals surface area contributed by atoms with E-state index in [0.717, 1.165) is 6.42 Å². The summed E-state index contributed by atoms with van der Waals surface area (Å²) in [5.41, 5.74) is -0.520. The maximum absolute atomic E-state index is 12.1. The fraction of sp³-hybridized carbons (Fsp3) is 0.857. The Hall–Kier alpha value is -1.30. The van der Waals surface area contributed by atoms with E-state index in [1.165, 1.54) is 7.11 Å². The molecule has 1 aliphatic heterocycles. The van der Waals surface area contributed by atoms with Crippen molar-refractivity contribution in [1.29, 1.82) is 0 Å². The maximum atomic E-state index is 12.1. The second kappa shape index (κ2) is 6.92. The Morgan fingerprint density at radius 3 is 2.55 bits per heavy atom. The second-order valence-electron chi connectivity index (χ2n) is 6.27. The zero-order valence-corrected chi connectivity index (χ0v) is 13.1. The summed E-state index contributed by atoms with van der Waals surface area (Å²) in [6, 6.07) is 0. The Balaban J connectivity index is 2.61. The first-order chi connectivity index (χ1) is 9.24. The van der Waals surface area contributed by atoms with Crippen molar-refractivity contribution in [3.63, 3.8) is 0 Å². The third-order valence-electron chi connectivity index (χ3n) is 3.34. The quantitative estimate of drug-likeness (QED) is 0.800. The Morgan fingerprint density at radius 1 is 1.35 bits per heavy atom. The molecule has 0 saturated carbocycles. The lowest BCUT2D eigenvalue weighted by Crippen LogP contribution is -2.50. The van der Waals surface area contributed by atoms with Gasteiger partial charge >= 0.3 is 6.09 Å². The molecule has 0 radical (unpaired) electrons. The van der Waals surface area contributed by atoms with Crippen molar-refractivity contribution >= 4 is 12.0 Å². The molecule has 1 rings (SSSR count). The average molecular weight is 286 g/mol. The monoisotopic (exact) mass is 286 g/mol. The number of amides is 2. The van der Waals surface area contributed by atoms with Crippen LogP contribution in [-0.2, 0) is 14.3 Å². The topological polar surface area (TPSA) is 67.9 Å². The Kier molecular flexibility index (Phi) is 5.80. The van der Waals surface area contributed by atoms with Crippen molar-refractivity contribution in [2.24, 2.45) is 11.8 Å². The molecule has 0 spiro atoms. The first-order valence-electron chi connectivity index (χ1n) is 6.99. The minimum atomic E-state index is -0.520. The molecule has 2 unspecified atom stereocenters. The third-order valence-corrected chi connectivity index (χ3v) is 3.34. The smallest absolute Gasteiger partial charge is 0.410 e. The summed E-state index contributed by atoms with van der Waals surface area (Å²) in [5, 5.41) is 2.70. The molecule has 0 aromatic heterocycles. The van der Waals surface area contributed by atoms with Gasteiger partial charge in [-0.25, -0.2) is 4.79 Å².